The zero-order chi connectivity index (χ0) is 21.3. The molecule has 0 heterocycles. The number of rotatable bonds is 8. The van der Waals surface area contributed by atoms with Crippen molar-refractivity contribution in [3.63, 3.8) is 0 Å². The number of nitrogens with zero attached hydrogens (tertiary/aromatic N) is 1. The molecule has 1 amide bonds. The van der Waals surface area contributed by atoms with Crippen molar-refractivity contribution < 1.29 is 27.4 Å². The second-order valence-electron chi connectivity index (χ2n) is 5.80. The van der Waals surface area contributed by atoms with E-state index in [-0.39, 0.29) is 24.2 Å². The minimum atomic E-state index is -4.73. The van der Waals surface area contributed by atoms with Crippen LogP contribution in [-0.2, 0) is 6.54 Å². The smallest absolute Gasteiger partial charge is 0.497 e. The van der Waals surface area contributed by atoms with Crippen LogP contribution >= 0.6 is 0 Å². The van der Waals surface area contributed by atoms with Crippen LogP contribution in [0, 0.1) is 0 Å². The Kier molecular flexibility index (Phi) is 7.70. The molecular formula is C19H21F3N4O3. The van der Waals surface area contributed by atoms with Crippen LogP contribution in [-0.4, -0.2) is 38.4 Å². The van der Waals surface area contributed by atoms with Gasteiger partial charge in [0.1, 0.15) is 11.5 Å². The number of nitrogens with one attached hydrogen (secondary N) is 2. The zero-order valence-corrected chi connectivity index (χ0v) is 15.6. The molecule has 2 rings (SSSR count). The maximum absolute atomic E-state index is 12.1. The predicted molar refractivity (Wildman–Crippen MR) is 102 cm³/mol. The molecule has 7 nitrogen and oxygen atoms in total. The van der Waals surface area contributed by atoms with Crippen LogP contribution in [0.1, 0.15) is 15.9 Å². The van der Waals surface area contributed by atoms with Crippen molar-refractivity contribution in [3.05, 3.63) is 59.7 Å². The van der Waals surface area contributed by atoms with Gasteiger partial charge in [-0.15, -0.1) is 13.2 Å². The molecule has 0 unspecified atom stereocenters. The molecule has 0 bridgehead atoms. The first kappa shape index (κ1) is 21.9. The third-order valence-corrected chi connectivity index (χ3v) is 3.66. The van der Waals surface area contributed by atoms with Crippen molar-refractivity contribution >= 4 is 11.9 Å². The number of nitrogens with two attached hydrogens (primary N) is 1. The van der Waals surface area contributed by atoms with Gasteiger partial charge in [0, 0.05) is 18.7 Å². The molecule has 0 spiro atoms. The lowest BCUT2D eigenvalue weighted by Gasteiger charge is -2.09. The standard InChI is InChI=1S/C19H21F3N4O3/c1-28-15-8-4-14(5-9-15)17(27)24-10-11-25-18(23)26-12-13-2-6-16(7-3-13)29-19(20,21)22/h2-9H,10-12H2,1H3,(H,24,27)(H3,23,25,26). The van der Waals surface area contributed by atoms with Crippen molar-refractivity contribution in [1.82, 2.24) is 10.6 Å². The molecule has 2 aromatic carbocycles. The van der Waals surface area contributed by atoms with E-state index >= 15 is 0 Å². The molecule has 0 radical (unpaired) electrons. The number of methoxy groups -OCH3 is 1. The van der Waals surface area contributed by atoms with Crippen LogP contribution < -0.4 is 25.8 Å². The highest BCUT2D eigenvalue weighted by atomic mass is 19.4. The summed E-state index contributed by atoms with van der Waals surface area (Å²) in [5, 5.41) is 5.57. The highest BCUT2D eigenvalue weighted by molar-refractivity contribution is 5.94. The Balaban J connectivity index is 1.71. The lowest BCUT2D eigenvalue weighted by molar-refractivity contribution is -0.274. The molecule has 29 heavy (non-hydrogen) atoms. The average molecular weight is 410 g/mol. The number of aliphatic imine (C=N–C) groups is 1. The Morgan fingerprint density at radius 1 is 1.00 bits per heavy atom. The molecule has 0 aliphatic heterocycles. The third kappa shape index (κ3) is 7.99. The Hall–Kier alpha value is -3.43. The molecule has 0 atom stereocenters. The predicted octanol–water partition coefficient (Wildman–Crippen LogP) is 2.43. The van der Waals surface area contributed by atoms with Gasteiger partial charge in [-0.3, -0.25) is 4.79 Å². The van der Waals surface area contributed by atoms with Gasteiger partial charge in [0.2, 0.25) is 0 Å². The second kappa shape index (κ2) is 10.2. The number of ether oxygens (including phenoxy) is 2. The van der Waals surface area contributed by atoms with Crippen molar-refractivity contribution in [2.24, 2.45) is 10.7 Å². The number of halogens is 3. The summed E-state index contributed by atoms with van der Waals surface area (Å²) in [5.41, 5.74) is 6.90. The van der Waals surface area contributed by atoms with Gasteiger partial charge >= 0.3 is 6.36 Å². The number of amides is 1. The monoisotopic (exact) mass is 410 g/mol. The van der Waals surface area contributed by atoms with Gasteiger partial charge in [-0.1, -0.05) is 12.1 Å². The fraction of sp³-hybridized carbons (Fsp3) is 0.263. The average Bonchev–Trinajstić information content (AvgIpc) is 2.69. The molecule has 0 saturated carbocycles. The van der Waals surface area contributed by atoms with Crippen LogP contribution in [0.25, 0.3) is 0 Å². The van der Waals surface area contributed by atoms with Crippen LogP contribution in [0.5, 0.6) is 11.5 Å². The van der Waals surface area contributed by atoms with E-state index < -0.39 is 6.36 Å². The summed E-state index contributed by atoms with van der Waals surface area (Å²) >= 11 is 0. The first-order valence-electron chi connectivity index (χ1n) is 8.57. The highest BCUT2D eigenvalue weighted by Gasteiger charge is 2.30. The van der Waals surface area contributed by atoms with E-state index in [2.05, 4.69) is 20.4 Å². The number of hydrogen-bond acceptors (Lipinski definition) is 4. The molecule has 4 N–H and O–H groups in total. The van der Waals surface area contributed by atoms with Gasteiger partial charge < -0.3 is 25.8 Å². The maximum atomic E-state index is 12.1. The number of guanidine groups is 1. The largest absolute Gasteiger partial charge is 0.573 e. The molecule has 2 aromatic rings. The molecule has 156 valence electrons. The van der Waals surface area contributed by atoms with E-state index in [0.29, 0.717) is 30.0 Å². The van der Waals surface area contributed by atoms with Gasteiger partial charge in [-0.25, -0.2) is 4.99 Å². The summed E-state index contributed by atoms with van der Waals surface area (Å²) in [6.45, 7) is 0.865. The van der Waals surface area contributed by atoms with Crippen LogP contribution in [0.3, 0.4) is 0 Å². The molecule has 0 saturated heterocycles. The van der Waals surface area contributed by atoms with Gasteiger partial charge in [-0.2, -0.15) is 0 Å². The van der Waals surface area contributed by atoms with E-state index in [0.717, 1.165) is 0 Å². The van der Waals surface area contributed by atoms with E-state index in [9.17, 15) is 18.0 Å². The van der Waals surface area contributed by atoms with Gasteiger partial charge in [0.15, 0.2) is 5.96 Å². The van der Waals surface area contributed by atoms with Crippen LogP contribution in [0.15, 0.2) is 53.5 Å². The zero-order valence-electron chi connectivity index (χ0n) is 15.6. The maximum Gasteiger partial charge on any atom is 0.573 e. The molecule has 0 aliphatic carbocycles. The minimum Gasteiger partial charge on any atom is -0.497 e. The van der Waals surface area contributed by atoms with Gasteiger partial charge in [0.25, 0.3) is 5.91 Å². The molecule has 0 aromatic heterocycles. The Bertz CT molecular complexity index is 822. The summed E-state index contributed by atoms with van der Waals surface area (Å²) in [4.78, 5) is 16.1. The Morgan fingerprint density at radius 2 is 1.59 bits per heavy atom. The topological polar surface area (TPSA) is 98.0 Å². The first-order valence-corrected chi connectivity index (χ1v) is 8.57. The van der Waals surface area contributed by atoms with Crippen LogP contribution in [0.4, 0.5) is 13.2 Å². The SMILES string of the molecule is COc1ccc(C(=O)NCCNC(N)=NCc2ccc(OC(F)(F)F)cc2)cc1. The summed E-state index contributed by atoms with van der Waals surface area (Å²) < 4.78 is 45.2. The number of hydrogen-bond donors (Lipinski definition) is 3. The molecular weight excluding hydrogens is 389 g/mol. The van der Waals surface area contributed by atoms with E-state index in [1.807, 2.05) is 0 Å². The van der Waals surface area contributed by atoms with E-state index in [4.69, 9.17) is 10.5 Å². The summed E-state index contributed by atoms with van der Waals surface area (Å²) in [7, 11) is 1.55. The highest BCUT2D eigenvalue weighted by Crippen LogP contribution is 2.22. The van der Waals surface area contributed by atoms with Crippen molar-refractivity contribution in [2.75, 3.05) is 20.2 Å². The lowest BCUT2D eigenvalue weighted by Crippen LogP contribution is -2.38. The lowest BCUT2D eigenvalue weighted by atomic mass is 10.2. The first-order chi connectivity index (χ1) is 13.8. The second-order valence-corrected chi connectivity index (χ2v) is 5.80. The fourth-order valence-electron chi connectivity index (χ4n) is 2.24. The molecule has 0 aliphatic rings. The van der Waals surface area contributed by atoms with Gasteiger partial charge in [-0.05, 0) is 42.0 Å². The number of benzene rings is 2. The third-order valence-electron chi connectivity index (χ3n) is 3.66. The summed E-state index contributed by atoms with van der Waals surface area (Å²) in [5.74, 6) is 0.282. The molecule has 10 heteroatoms. The Labute approximate surface area is 165 Å². The normalized spacial score (nSPS) is 11.7. The van der Waals surface area contributed by atoms with E-state index in [1.54, 1.807) is 31.4 Å². The number of carbonyl (C=O) groups is 1. The quantitative estimate of drug-likeness (QED) is 0.353. The van der Waals surface area contributed by atoms with Crippen molar-refractivity contribution in [2.45, 2.75) is 12.9 Å². The number of alkyl halides is 3. The summed E-state index contributed by atoms with van der Waals surface area (Å²) in [6.07, 6.45) is -4.73. The summed E-state index contributed by atoms with van der Waals surface area (Å²) in [6, 6.07) is 12.0. The van der Waals surface area contributed by atoms with Gasteiger partial charge in [0.05, 0.1) is 13.7 Å². The Morgan fingerprint density at radius 3 is 2.17 bits per heavy atom. The fourth-order valence-corrected chi connectivity index (χ4v) is 2.24. The molecule has 0 fully saturated rings. The van der Waals surface area contributed by atoms with E-state index in [1.165, 1.54) is 24.3 Å². The van der Waals surface area contributed by atoms with Crippen molar-refractivity contribution in [3.8, 4) is 11.5 Å². The van der Waals surface area contributed by atoms with Crippen LogP contribution in [0.2, 0.25) is 0 Å². The number of carbonyl (C=O) groups excluding carboxylic acids is 1. The minimum absolute atomic E-state index is 0.152. The van der Waals surface area contributed by atoms with Crippen molar-refractivity contribution in [1.29, 1.82) is 0 Å².